The number of halogens is 2. The van der Waals surface area contributed by atoms with Crippen LogP contribution in [0.1, 0.15) is 47.2 Å². The molecular weight excluding hydrogens is 488 g/mol. The monoisotopic (exact) mass is 513 g/mol. The quantitative estimate of drug-likeness (QED) is 0.414. The summed E-state index contributed by atoms with van der Waals surface area (Å²) in [5.41, 5.74) is 3.00. The smallest absolute Gasteiger partial charge is 0.256 e. The highest BCUT2D eigenvalue weighted by Gasteiger charge is 2.48. The molecule has 2 heterocycles. The van der Waals surface area contributed by atoms with E-state index in [2.05, 4.69) is 17.1 Å². The summed E-state index contributed by atoms with van der Waals surface area (Å²) in [5.74, 6) is -1.80. The maximum atomic E-state index is 13.7. The van der Waals surface area contributed by atoms with Gasteiger partial charge < -0.3 is 15.0 Å². The molecule has 2 N–H and O–H groups in total. The highest BCUT2D eigenvalue weighted by atomic mass is 19.2. The van der Waals surface area contributed by atoms with Gasteiger partial charge in [0.2, 0.25) is 0 Å². The van der Waals surface area contributed by atoms with E-state index >= 15 is 0 Å². The minimum absolute atomic E-state index is 0.0506. The first-order chi connectivity index (χ1) is 18.4. The number of rotatable bonds is 5. The van der Waals surface area contributed by atoms with E-state index in [0.717, 1.165) is 30.5 Å². The van der Waals surface area contributed by atoms with Crippen LogP contribution in [0.2, 0.25) is 0 Å². The molecule has 1 aliphatic heterocycles. The van der Waals surface area contributed by atoms with E-state index in [0.29, 0.717) is 46.7 Å². The van der Waals surface area contributed by atoms with Crippen LogP contribution in [0, 0.1) is 11.6 Å². The van der Waals surface area contributed by atoms with Crippen LogP contribution >= 0.6 is 0 Å². The molecule has 1 saturated carbocycles. The van der Waals surface area contributed by atoms with Crippen LogP contribution < -0.4 is 5.56 Å². The minimum atomic E-state index is -1.47. The third kappa shape index (κ3) is 4.20. The number of hydrogen-bond donors (Lipinski definition) is 2. The lowest BCUT2D eigenvalue weighted by molar-refractivity contribution is -0.141. The van der Waals surface area contributed by atoms with E-state index in [4.69, 9.17) is 4.98 Å². The average Bonchev–Trinajstić information content (AvgIpc) is 3.76. The van der Waals surface area contributed by atoms with Crippen LogP contribution in [0.25, 0.3) is 11.1 Å². The van der Waals surface area contributed by atoms with Crippen molar-refractivity contribution in [1.82, 2.24) is 14.9 Å². The van der Waals surface area contributed by atoms with Gasteiger partial charge >= 0.3 is 0 Å². The van der Waals surface area contributed by atoms with Crippen LogP contribution in [0.3, 0.4) is 0 Å². The molecule has 1 unspecified atom stereocenters. The van der Waals surface area contributed by atoms with Crippen molar-refractivity contribution in [3.05, 3.63) is 123 Å². The number of aromatic nitrogens is 2. The number of hydrogen-bond acceptors (Lipinski definition) is 4. The van der Waals surface area contributed by atoms with Gasteiger partial charge in [0.1, 0.15) is 5.82 Å². The molecule has 6 rings (SSSR count). The second-order valence-electron chi connectivity index (χ2n) is 9.95. The number of aliphatic hydroxyl groups excluding tert-OH is 1. The number of fused-ring (bicyclic) bond motifs is 1. The summed E-state index contributed by atoms with van der Waals surface area (Å²) < 4.78 is 27.0. The van der Waals surface area contributed by atoms with Crippen molar-refractivity contribution in [3.63, 3.8) is 0 Å². The summed E-state index contributed by atoms with van der Waals surface area (Å²) in [6.45, 7) is 0.370. The zero-order valence-corrected chi connectivity index (χ0v) is 20.5. The lowest BCUT2D eigenvalue weighted by Crippen LogP contribution is -2.42. The molecule has 0 bridgehead atoms. The first-order valence-electron chi connectivity index (χ1n) is 12.6. The number of carbonyl (C=O) groups is 1. The molecule has 38 heavy (non-hydrogen) atoms. The molecule has 0 spiro atoms. The van der Waals surface area contributed by atoms with E-state index in [1.807, 2.05) is 18.2 Å². The number of aromatic amines is 1. The van der Waals surface area contributed by atoms with Gasteiger partial charge in [-0.2, -0.15) is 0 Å². The minimum Gasteiger partial charge on any atom is -0.378 e. The molecular formula is C30H25F2N3O3. The van der Waals surface area contributed by atoms with E-state index in [9.17, 15) is 23.5 Å². The van der Waals surface area contributed by atoms with Gasteiger partial charge in [0.15, 0.2) is 17.7 Å². The topological polar surface area (TPSA) is 86.3 Å². The van der Waals surface area contributed by atoms with E-state index in [1.54, 1.807) is 24.3 Å². The van der Waals surface area contributed by atoms with E-state index in [1.165, 1.54) is 11.0 Å². The SMILES string of the molecule is O=C(C(O)c1cccc(-c2ccc(F)c(F)c2)c1)N1CCc2nc(C3(c4ccccc4)CC3)[nH]c(=O)c2C1. The number of nitrogens with zero attached hydrogens (tertiary/aromatic N) is 2. The Kier molecular flexibility index (Phi) is 5.91. The van der Waals surface area contributed by atoms with Crippen molar-refractivity contribution in [2.45, 2.75) is 37.3 Å². The van der Waals surface area contributed by atoms with Crippen molar-refractivity contribution in [3.8, 4) is 11.1 Å². The molecule has 1 fully saturated rings. The van der Waals surface area contributed by atoms with Gasteiger partial charge in [0.25, 0.3) is 11.5 Å². The normalized spacial score (nSPS) is 16.6. The summed E-state index contributed by atoms with van der Waals surface area (Å²) in [5, 5.41) is 10.9. The zero-order chi connectivity index (χ0) is 26.4. The zero-order valence-electron chi connectivity index (χ0n) is 20.5. The Morgan fingerprint density at radius 3 is 2.47 bits per heavy atom. The Morgan fingerprint density at radius 1 is 0.974 bits per heavy atom. The van der Waals surface area contributed by atoms with Crippen LogP contribution in [-0.4, -0.2) is 32.4 Å². The highest BCUT2D eigenvalue weighted by molar-refractivity contribution is 5.83. The van der Waals surface area contributed by atoms with Gasteiger partial charge in [0.05, 0.1) is 23.2 Å². The lowest BCUT2D eigenvalue weighted by atomic mass is 9.94. The molecule has 1 amide bonds. The van der Waals surface area contributed by atoms with E-state index < -0.39 is 23.6 Å². The number of amides is 1. The fourth-order valence-corrected chi connectivity index (χ4v) is 5.26. The Balaban J connectivity index is 1.22. The molecule has 192 valence electrons. The van der Waals surface area contributed by atoms with Gasteiger partial charge in [-0.15, -0.1) is 0 Å². The molecule has 1 aromatic heterocycles. The van der Waals surface area contributed by atoms with Crippen LogP contribution in [0.15, 0.2) is 77.6 Å². The second-order valence-corrected chi connectivity index (χ2v) is 9.95. The Hall–Kier alpha value is -4.17. The predicted octanol–water partition coefficient (Wildman–Crippen LogP) is 4.41. The molecule has 0 radical (unpaired) electrons. The van der Waals surface area contributed by atoms with Gasteiger partial charge in [-0.25, -0.2) is 13.8 Å². The standard InChI is InChI=1S/C30H25F2N3O3/c31-23-10-9-19(16-24(23)32)18-5-4-6-20(15-18)26(36)28(38)35-14-11-25-22(17-35)27(37)34-29(33-25)30(12-13-30)21-7-2-1-3-8-21/h1-10,15-16,26,36H,11-14,17H2,(H,33,34,37). The average molecular weight is 514 g/mol. The highest BCUT2D eigenvalue weighted by Crippen LogP contribution is 2.52. The maximum Gasteiger partial charge on any atom is 0.256 e. The largest absolute Gasteiger partial charge is 0.378 e. The maximum absolute atomic E-state index is 13.7. The van der Waals surface area contributed by atoms with Gasteiger partial charge in [-0.05, 0) is 53.3 Å². The van der Waals surface area contributed by atoms with Gasteiger partial charge in [-0.3, -0.25) is 9.59 Å². The molecule has 1 atom stereocenters. The molecule has 1 aliphatic carbocycles. The second kappa shape index (κ2) is 9.29. The Morgan fingerprint density at radius 2 is 1.74 bits per heavy atom. The number of H-pyrrole nitrogens is 1. The molecule has 0 saturated heterocycles. The first kappa shape index (κ1) is 24.2. The third-order valence-electron chi connectivity index (χ3n) is 7.60. The summed E-state index contributed by atoms with van der Waals surface area (Å²) in [4.78, 5) is 35.6. The van der Waals surface area contributed by atoms with Gasteiger partial charge in [-0.1, -0.05) is 54.6 Å². The molecule has 6 nitrogen and oxygen atoms in total. The number of carbonyl (C=O) groups excluding carboxylic acids is 1. The Bertz CT molecular complexity index is 1600. The third-order valence-corrected chi connectivity index (χ3v) is 7.60. The molecule has 4 aromatic rings. The number of nitrogens with one attached hydrogen (secondary N) is 1. The summed E-state index contributed by atoms with van der Waals surface area (Å²) >= 11 is 0. The van der Waals surface area contributed by atoms with Crippen LogP contribution in [0.5, 0.6) is 0 Å². The van der Waals surface area contributed by atoms with Gasteiger partial charge in [0, 0.05) is 13.0 Å². The van der Waals surface area contributed by atoms with Crippen molar-refractivity contribution in [1.29, 1.82) is 0 Å². The lowest BCUT2D eigenvalue weighted by Gasteiger charge is -2.30. The predicted molar refractivity (Wildman–Crippen MR) is 137 cm³/mol. The summed E-state index contributed by atoms with van der Waals surface area (Å²) in [7, 11) is 0. The number of aliphatic hydroxyl groups is 1. The fraction of sp³-hybridized carbons (Fsp3) is 0.233. The molecule has 2 aliphatic rings. The van der Waals surface area contributed by atoms with Crippen molar-refractivity contribution in [2.75, 3.05) is 6.54 Å². The molecule has 8 heteroatoms. The molecule has 3 aromatic carbocycles. The van der Waals surface area contributed by atoms with Crippen LogP contribution in [0.4, 0.5) is 8.78 Å². The first-order valence-corrected chi connectivity index (χ1v) is 12.6. The summed E-state index contributed by atoms with van der Waals surface area (Å²) in [6.07, 6.45) is 0.768. The van der Waals surface area contributed by atoms with Crippen molar-refractivity contribution >= 4 is 5.91 Å². The Labute approximate surface area is 217 Å². The summed E-state index contributed by atoms with van der Waals surface area (Å²) in [6, 6.07) is 20.1. The fourth-order valence-electron chi connectivity index (χ4n) is 5.26. The van der Waals surface area contributed by atoms with Crippen molar-refractivity contribution < 1.29 is 18.7 Å². The van der Waals surface area contributed by atoms with Crippen molar-refractivity contribution in [2.24, 2.45) is 0 Å². The van der Waals surface area contributed by atoms with Crippen LogP contribution in [-0.2, 0) is 23.2 Å². The van der Waals surface area contributed by atoms with E-state index in [-0.39, 0.29) is 17.5 Å². The number of benzene rings is 3.